The molecule has 84 valence electrons. The van der Waals surface area contributed by atoms with E-state index >= 15 is 0 Å². The summed E-state index contributed by atoms with van der Waals surface area (Å²) in [5, 5.41) is 9.74. The van der Waals surface area contributed by atoms with Crippen molar-refractivity contribution in [3.05, 3.63) is 30.0 Å². The number of nitrogen functional groups attached to an aromatic ring is 1. The Morgan fingerprint density at radius 3 is 3.00 bits per heavy atom. The van der Waals surface area contributed by atoms with Crippen molar-refractivity contribution in [2.24, 2.45) is 0 Å². The Morgan fingerprint density at radius 1 is 1.44 bits per heavy atom. The van der Waals surface area contributed by atoms with Crippen molar-refractivity contribution in [1.29, 1.82) is 0 Å². The molecule has 4 N–H and O–H groups in total. The van der Waals surface area contributed by atoms with Gasteiger partial charge in [-0.25, -0.2) is 9.97 Å². The molecule has 0 atom stereocenters. The maximum absolute atomic E-state index is 5.78. The summed E-state index contributed by atoms with van der Waals surface area (Å²) in [5.41, 5.74) is 7.51. The smallest absolute Gasteiger partial charge is 0.137 e. The fourth-order valence-corrected chi connectivity index (χ4v) is 1.30. The normalized spacial score (nSPS) is 10.3. The van der Waals surface area contributed by atoms with Gasteiger partial charge in [0.15, 0.2) is 0 Å². The first-order valence-electron chi connectivity index (χ1n) is 5.06. The van der Waals surface area contributed by atoms with Gasteiger partial charge in [0.1, 0.15) is 18.0 Å². The van der Waals surface area contributed by atoms with E-state index in [1.54, 1.807) is 6.20 Å². The number of hydrogen-bond acceptors (Lipinski definition) is 5. The van der Waals surface area contributed by atoms with Crippen molar-refractivity contribution >= 4 is 11.5 Å². The van der Waals surface area contributed by atoms with E-state index in [0.29, 0.717) is 0 Å². The zero-order valence-corrected chi connectivity index (χ0v) is 9.07. The molecule has 0 saturated heterocycles. The number of hydrogen-bond donors (Lipinski definition) is 3. The summed E-state index contributed by atoms with van der Waals surface area (Å²) in [7, 11) is 0. The SMILES string of the molecule is Cc1cnc(NCCc2ncn[nH]2)cc1N. The molecule has 6 nitrogen and oxygen atoms in total. The van der Waals surface area contributed by atoms with Crippen LogP contribution < -0.4 is 11.1 Å². The van der Waals surface area contributed by atoms with Crippen LogP contribution in [0.25, 0.3) is 0 Å². The fraction of sp³-hybridized carbons (Fsp3) is 0.300. The van der Waals surface area contributed by atoms with E-state index in [1.807, 2.05) is 13.0 Å². The second-order valence-electron chi connectivity index (χ2n) is 3.54. The lowest BCUT2D eigenvalue weighted by Gasteiger charge is -2.06. The van der Waals surface area contributed by atoms with E-state index < -0.39 is 0 Å². The Kier molecular flexibility index (Phi) is 3.00. The molecule has 2 heterocycles. The highest BCUT2D eigenvalue weighted by atomic mass is 15.2. The summed E-state index contributed by atoms with van der Waals surface area (Å²) >= 11 is 0. The Hall–Kier alpha value is -2.11. The monoisotopic (exact) mass is 218 g/mol. The van der Waals surface area contributed by atoms with Crippen LogP contribution in [0.3, 0.4) is 0 Å². The van der Waals surface area contributed by atoms with E-state index in [1.165, 1.54) is 6.33 Å². The third-order valence-corrected chi connectivity index (χ3v) is 2.28. The molecule has 0 radical (unpaired) electrons. The second-order valence-corrected chi connectivity index (χ2v) is 3.54. The van der Waals surface area contributed by atoms with Gasteiger partial charge in [0, 0.05) is 30.9 Å². The maximum atomic E-state index is 5.78. The van der Waals surface area contributed by atoms with Gasteiger partial charge in [0.25, 0.3) is 0 Å². The Labute approximate surface area is 93.3 Å². The van der Waals surface area contributed by atoms with Gasteiger partial charge in [0.05, 0.1) is 0 Å². The molecule has 6 heteroatoms. The van der Waals surface area contributed by atoms with Gasteiger partial charge in [-0.15, -0.1) is 0 Å². The van der Waals surface area contributed by atoms with E-state index in [0.717, 1.165) is 35.9 Å². The number of anilines is 2. The number of nitrogens with one attached hydrogen (secondary N) is 2. The van der Waals surface area contributed by atoms with Gasteiger partial charge >= 0.3 is 0 Å². The van der Waals surface area contributed by atoms with Crippen molar-refractivity contribution in [2.75, 3.05) is 17.6 Å². The average Bonchev–Trinajstić information content (AvgIpc) is 2.76. The third-order valence-electron chi connectivity index (χ3n) is 2.28. The molecular weight excluding hydrogens is 204 g/mol. The Bertz CT molecular complexity index is 450. The van der Waals surface area contributed by atoms with Crippen LogP contribution in [0.15, 0.2) is 18.6 Å². The second kappa shape index (κ2) is 4.61. The molecule has 0 aliphatic rings. The third kappa shape index (κ3) is 2.47. The summed E-state index contributed by atoms with van der Waals surface area (Å²) < 4.78 is 0. The molecule has 0 spiro atoms. The first kappa shape index (κ1) is 10.4. The molecule has 16 heavy (non-hydrogen) atoms. The van der Waals surface area contributed by atoms with E-state index in [2.05, 4.69) is 25.5 Å². The molecule has 2 aromatic rings. The predicted molar refractivity (Wildman–Crippen MR) is 62.0 cm³/mol. The molecule has 0 aliphatic heterocycles. The number of aryl methyl sites for hydroxylation is 1. The van der Waals surface area contributed by atoms with Gasteiger partial charge in [-0.2, -0.15) is 5.10 Å². The molecule has 0 fully saturated rings. The molecular formula is C10H14N6. The quantitative estimate of drug-likeness (QED) is 0.704. The van der Waals surface area contributed by atoms with Gasteiger partial charge in [-0.05, 0) is 12.5 Å². The van der Waals surface area contributed by atoms with Crippen LogP contribution in [-0.2, 0) is 6.42 Å². The Balaban J connectivity index is 1.87. The van der Waals surface area contributed by atoms with Crippen LogP contribution >= 0.6 is 0 Å². The molecule has 0 amide bonds. The fourth-order valence-electron chi connectivity index (χ4n) is 1.30. The number of pyridine rings is 1. The highest BCUT2D eigenvalue weighted by Gasteiger charge is 1.99. The summed E-state index contributed by atoms with van der Waals surface area (Å²) in [6, 6.07) is 1.83. The first-order chi connectivity index (χ1) is 7.75. The van der Waals surface area contributed by atoms with E-state index in [-0.39, 0.29) is 0 Å². The molecule has 0 aromatic carbocycles. The van der Waals surface area contributed by atoms with Crippen molar-refractivity contribution < 1.29 is 0 Å². The number of aromatic amines is 1. The van der Waals surface area contributed by atoms with Crippen LogP contribution in [0.1, 0.15) is 11.4 Å². The lowest BCUT2D eigenvalue weighted by Crippen LogP contribution is -2.08. The lowest BCUT2D eigenvalue weighted by atomic mass is 10.2. The summed E-state index contributed by atoms with van der Waals surface area (Å²) in [4.78, 5) is 8.25. The average molecular weight is 218 g/mol. The highest BCUT2D eigenvalue weighted by molar-refractivity contribution is 5.53. The number of H-pyrrole nitrogens is 1. The van der Waals surface area contributed by atoms with Crippen molar-refractivity contribution in [3.8, 4) is 0 Å². The number of nitrogens with two attached hydrogens (primary N) is 1. The van der Waals surface area contributed by atoms with Crippen LogP contribution in [-0.4, -0.2) is 26.7 Å². The van der Waals surface area contributed by atoms with Crippen LogP contribution in [0, 0.1) is 6.92 Å². The van der Waals surface area contributed by atoms with Crippen molar-refractivity contribution in [3.63, 3.8) is 0 Å². The van der Waals surface area contributed by atoms with Crippen LogP contribution in [0.2, 0.25) is 0 Å². The predicted octanol–water partition coefficient (Wildman–Crippen LogP) is 0.745. The van der Waals surface area contributed by atoms with Crippen LogP contribution in [0.5, 0.6) is 0 Å². The van der Waals surface area contributed by atoms with Gasteiger partial charge in [0.2, 0.25) is 0 Å². The summed E-state index contributed by atoms with van der Waals surface area (Å²) in [6.45, 7) is 2.67. The molecule has 0 aliphatic carbocycles. The number of rotatable bonds is 4. The Morgan fingerprint density at radius 2 is 2.31 bits per heavy atom. The highest BCUT2D eigenvalue weighted by Crippen LogP contribution is 2.13. The standard InChI is InChI=1S/C10H14N6/c1-7-5-13-10(4-8(7)11)12-3-2-9-14-6-15-16-9/h4-6H,2-3H2,1H3,(H3,11,12,13)(H,14,15,16). The van der Waals surface area contributed by atoms with E-state index in [4.69, 9.17) is 5.73 Å². The number of nitrogens with zero attached hydrogens (tertiary/aromatic N) is 3. The zero-order valence-electron chi connectivity index (χ0n) is 9.07. The minimum Gasteiger partial charge on any atom is -0.398 e. The molecule has 0 unspecified atom stereocenters. The lowest BCUT2D eigenvalue weighted by molar-refractivity contribution is 0.897. The minimum atomic E-state index is 0.741. The van der Waals surface area contributed by atoms with Gasteiger partial charge in [-0.1, -0.05) is 0 Å². The van der Waals surface area contributed by atoms with Gasteiger partial charge < -0.3 is 11.1 Å². The van der Waals surface area contributed by atoms with Crippen LogP contribution in [0.4, 0.5) is 11.5 Å². The maximum Gasteiger partial charge on any atom is 0.137 e. The molecule has 2 rings (SSSR count). The van der Waals surface area contributed by atoms with E-state index in [9.17, 15) is 0 Å². The molecule has 0 saturated carbocycles. The zero-order chi connectivity index (χ0) is 11.4. The van der Waals surface area contributed by atoms with Gasteiger partial charge in [-0.3, -0.25) is 5.10 Å². The summed E-state index contributed by atoms with van der Waals surface area (Å²) in [5.74, 6) is 1.63. The number of aromatic nitrogens is 4. The van der Waals surface area contributed by atoms with Crippen molar-refractivity contribution in [2.45, 2.75) is 13.3 Å². The molecule has 2 aromatic heterocycles. The minimum absolute atomic E-state index is 0.741. The topological polar surface area (TPSA) is 92.5 Å². The first-order valence-corrected chi connectivity index (χ1v) is 5.06. The largest absolute Gasteiger partial charge is 0.398 e. The van der Waals surface area contributed by atoms with Crippen molar-refractivity contribution in [1.82, 2.24) is 20.2 Å². The molecule has 0 bridgehead atoms. The summed E-state index contributed by atoms with van der Waals surface area (Å²) in [6.07, 6.45) is 4.03.